The van der Waals surface area contributed by atoms with Crippen molar-refractivity contribution < 1.29 is 23.8 Å². The number of ether oxygens (including phenoxy) is 2. The summed E-state index contributed by atoms with van der Waals surface area (Å²) in [6.45, 7) is -0.293. The Kier molecular flexibility index (Phi) is 4.46. The van der Waals surface area contributed by atoms with Crippen molar-refractivity contribution in [3.05, 3.63) is 42.1 Å². The highest BCUT2D eigenvalue weighted by Gasteiger charge is 2.07. The predicted octanol–water partition coefficient (Wildman–Crippen LogP) is 1.25. The summed E-state index contributed by atoms with van der Waals surface area (Å²) in [6, 6.07) is 9.22. The van der Waals surface area contributed by atoms with E-state index < -0.39 is 12.6 Å². The van der Waals surface area contributed by atoms with Crippen LogP contribution in [0, 0.1) is 0 Å². The molecule has 1 aromatic heterocycles. The molecule has 0 saturated carbocycles. The van der Waals surface area contributed by atoms with Crippen LogP contribution in [0.1, 0.15) is 11.8 Å². The van der Waals surface area contributed by atoms with Gasteiger partial charge in [-0.3, -0.25) is 0 Å². The Bertz CT molecular complexity index is 526. The van der Waals surface area contributed by atoms with Gasteiger partial charge >= 0.3 is 5.97 Å². The van der Waals surface area contributed by atoms with Gasteiger partial charge in [0.2, 0.25) is 5.89 Å². The van der Waals surface area contributed by atoms with E-state index in [0.717, 1.165) is 0 Å². The lowest BCUT2D eigenvalue weighted by molar-refractivity contribution is -0.142. The van der Waals surface area contributed by atoms with E-state index in [-0.39, 0.29) is 19.1 Å². The van der Waals surface area contributed by atoms with Gasteiger partial charge in [-0.1, -0.05) is 18.2 Å². The summed E-state index contributed by atoms with van der Waals surface area (Å²) in [5.41, 5.74) is 0. The fourth-order valence-corrected chi connectivity index (χ4v) is 1.29. The molecule has 0 aliphatic heterocycles. The monoisotopic (exact) mass is 264 g/mol. The number of para-hydroxylation sites is 1. The van der Waals surface area contributed by atoms with Gasteiger partial charge in [0.25, 0.3) is 5.89 Å². The van der Waals surface area contributed by atoms with Crippen molar-refractivity contribution in [1.29, 1.82) is 0 Å². The second-order valence-corrected chi connectivity index (χ2v) is 3.58. The number of hydrogen-bond donors (Lipinski definition) is 1. The molecule has 0 aliphatic rings. The maximum Gasteiger partial charge on any atom is 0.329 e. The highest BCUT2D eigenvalue weighted by molar-refractivity contribution is 5.67. The molecule has 0 spiro atoms. The summed E-state index contributed by atoms with van der Waals surface area (Å²) < 4.78 is 15.5. The smallest absolute Gasteiger partial charge is 0.329 e. The Morgan fingerprint density at radius 2 is 1.84 bits per heavy atom. The number of carbonyl (C=O) groups is 1. The average Bonchev–Trinajstić information content (AvgIpc) is 2.85. The van der Waals surface area contributed by atoms with Crippen LogP contribution in [0.25, 0.3) is 0 Å². The minimum Gasteiger partial charge on any atom is -0.484 e. The fraction of sp³-hybridized carbons (Fsp3) is 0.250. The van der Waals surface area contributed by atoms with E-state index in [4.69, 9.17) is 19.0 Å². The first kappa shape index (κ1) is 13.0. The zero-order valence-electron chi connectivity index (χ0n) is 9.98. The van der Waals surface area contributed by atoms with E-state index >= 15 is 0 Å². The largest absolute Gasteiger partial charge is 0.484 e. The third kappa shape index (κ3) is 4.40. The SMILES string of the molecule is O=C(O)COCc1nnc(COc2ccccc2)o1. The summed E-state index contributed by atoms with van der Waals surface area (Å²) in [7, 11) is 0. The Morgan fingerprint density at radius 1 is 1.16 bits per heavy atom. The molecule has 19 heavy (non-hydrogen) atoms. The Labute approximate surface area is 108 Å². The van der Waals surface area contributed by atoms with Crippen LogP contribution >= 0.6 is 0 Å². The van der Waals surface area contributed by atoms with Crippen molar-refractivity contribution in [3.63, 3.8) is 0 Å². The van der Waals surface area contributed by atoms with Crippen molar-refractivity contribution in [2.24, 2.45) is 0 Å². The molecular weight excluding hydrogens is 252 g/mol. The molecule has 1 N–H and O–H groups in total. The Morgan fingerprint density at radius 3 is 2.53 bits per heavy atom. The molecule has 1 heterocycles. The molecule has 2 rings (SSSR count). The number of benzene rings is 1. The lowest BCUT2D eigenvalue weighted by atomic mass is 10.3. The minimum absolute atomic E-state index is 0.0371. The first-order valence-electron chi connectivity index (χ1n) is 5.52. The fourth-order valence-electron chi connectivity index (χ4n) is 1.29. The molecule has 0 bridgehead atoms. The van der Waals surface area contributed by atoms with E-state index in [0.29, 0.717) is 11.6 Å². The lowest BCUT2D eigenvalue weighted by Crippen LogP contribution is -2.06. The standard InChI is InChI=1S/C12H12N2O5/c15-12(16)8-17-6-10-13-14-11(19-10)7-18-9-4-2-1-3-5-9/h1-5H,6-8H2,(H,15,16). The summed E-state index contributed by atoms with van der Waals surface area (Å²) in [5.74, 6) is 0.169. The van der Waals surface area contributed by atoms with E-state index in [9.17, 15) is 4.79 Å². The summed E-state index contributed by atoms with van der Waals surface area (Å²) in [6.07, 6.45) is 0. The first-order chi connectivity index (χ1) is 9.24. The number of nitrogens with zero attached hydrogens (tertiary/aromatic N) is 2. The summed E-state index contributed by atoms with van der Waals surface area (Å²) in [4.78, 5) is 10.2. The van der Waals surface area contributed by atoms with Gasteiger partial charge in [-0.05, 0) is 12.1 Å². The molecule has 2 aromatic rings. The van der Waals surface area contributed by atoms with Gasteiger partial charge in [-0.2, -0.15) is 0 Å². The Balaban J connectivity index is 1.79. The van der Waals surface area contributed by atoms with Crippen molar-refractivity contribution in [2.75, 3.05) is 6.61 Å². The highest BCUT2D eigenvalue weighted by Crippen LogP contribution is 2.11. The van der Waals surface area contributed by atoms with Gasteiger partial charge < -0.3 is 19.0 Å². The predicted molar refractivity (Wildman–Crippen MR) is 62.4 cm³/mol. The molecule has 0 fully saturated rings. The molecule has 0 unspecified atom stereocenters. The molecule has 0 aliphatic carbocycles. The number of carboxylic acid groups (broad SMARTS) is 1. The number of hydrogen-bond acceptors (Lipinski definition) is 6. The van der Waals surface area contributed by atoms with Crippen molar-refractivity contribution in [2.45, 2.75) is 13.2 Å². The summed E-state index contributed by atoms with van der Waals surface area (Å²) >= 11 is 0. The molecule has 100 valence electrons. The number of carboxylic acids is 1. The normalized spacial score (nSPS) is 10.3. The van der Waals surface area contributed by atoms with E-state index in [1.165, 1.54) is 0 Å². The second-order valence-electron chi connectivity index (χ2n) is 3.58. The van der Waals surface area contributed by atoms with Crippen molar-refractivity contribution >= 4 is 5.97 Å². The first-order valence-corrected chi connectivity index (χ1v) is 5.52. The number of aliphatic carboxylic acids is 1. The van der Waals surface area contributed by atoms with Crippen LogP contribution in [0.5, 0.6) is 5.75 Å². The molecular formula is C12H12N2O5. The van der Waals surface area contributed by atoms with Gasteiger partial charge in [0.05, 0.1) is 0 Å². The second kappa shape index (κ2) is 6.50. The van der Waals surface area contributed by atoms with Gasteiger partial charge in [0.1, 0.15) is 19.0 Å². The maximum atomic E-state index is 10.2. The van der Waals surface area contributed by atoms with Crippen LogP contribution in [-0.2, 0) is 22.7 Å². The van der Waals surface area contributed by atoms with Crippen LogP contribution in [0.3, 0.4) is 0 Å². The van der Waals surface area contributed by atoms with Crippen molar-refractivity contribution in [3.8, 4) is 5.75 Å². The van der Waals surface area contributed by atoms with E-state index in [1.54, 1.807) is 0 Å². The van der Waals surface area contributed by atoms with E-state index in [2.05, 4.69) is 10.2 Å². The van der Waals surface area contributed by atoms with Gasteiger partial charge in [0.15, 0.2) is 6.61 Å². The third-order valence-electron chi connectivity index (χ3n) is 2.07. The van der Waals surface area contributed by atoms with E-state index in [1.807, 2.05) is 30.3 Å². The molecule has 0 saturated heterocycles. The van der Waals surface area contributed by atoms with Crippen LogP contribution in [-0.4, -0.2) is 27.9 Å². The van der Waals surface area contributed by atoms with Crippen molar-refractivity contribution in [1.82, 2.24) is 10.2 Å². The Hall–Kier alpha value is -2.41. The zero-order chi connectivity index (χ0) is 13.5. The molecule has 7 nitrogen and oxygen atoms in total. The molecule has 0 amide bonds. The molecule has 1 aromatic carbocycles. The van der Waals surface area contributed by atoms with Gasteiger partial charge in [0, 0.05) is 0 Å². The minimum atomic E-state index is -1.05. The maximum absolute atomic E-state index is 10.2. The van der Waals surface area contributed by atoms with Crippen LogP contribution in [0.4, 0.5) is 0 Å². The topological polar surface area (TPSA) is 94.7 Å². The molecule has 0 atom stereocenters. The lowest BCUT2D eigenvalue weighted by Gasteiger charge is -2.01. The van der Waals surface area contributed by atoms with Crippen LogP contribution < -0.4 is 4.74 Å². The summed E-state index contributed by atoms with van der Waals surface area (Å²) in [5, 5.41) is 15.9. The average molecular weight is 264 g/mol. The van der Waals surface area contributed by atoms with Crippen LogP contribution in [0.15, 0.2) is 34.7 Å². The quantitative estimate of drug-likeness (QED) is 0.804. The van der Waals surface area contributed by atoms with Gasteiger partial charge in [-0.25, -0.2) is 4.79 Å². The van der Waals surface area contributed by atoms with Gasteiger partial charge in [-0.15, -0.1) is 10.2 Å². The zero-order valence-corrected chi connectivity index (χ0v) is 9.98. The van der Waals surface area contributed by atoms with Crippen LogP contribution in [0.2, 0.25) is 0 Å². The number of rotatable bonds is 7. The molecule has 7 heteroatoms. The number of aromatic nitrogens is 2. The molecule has 0 radical (unpaired) electrons. The third-order valence-corrected chi connectivity index (χ3v) is 2.07. The highest BCUT2D eigenvalue weighted by atomic mass is 16.5.